The Labute approximate surface area is 149 Å². The van der Waals surface area contributed by atoms with Crippen molar-refractivity contribution >= 4 is 8.32 Å². The fourth-order valence-electron chi connectivity index (χ4n) is 2.87. The minimum atomic E-state index is -1.75. The molecule has 0 N–H and O–H groups in total. The second-order valence-corrected chi connectivity index (χ2v) is 13.4. The molecule has 0 unspecified atom stereocenters. The van der Waals surface area contributed by atoms with E-state index in [2.05, 4.69) is 64.7 Å². The molecule has 2 nitrogen and oxygen atoms in total. The van der Waals surface area contributed by atoms with Gasteiger partial charge in [-0.2, -0.15) is 0 Å². The number of rotatable bonds is 6. The third-order valence-electron chi connectivity index (χ3n) is 5.58. The summed E-state index contributed by atoms with van der Waals surface area (Å²) in [6.45, 7) is 17.3. The first-order chi connectivity index (χ1) is 11.2. The van der Waals surface area contributed by atoms with E-state index >= 15 is 0 Å². The molecule has 1 aromatic carbocycles. The topological polar surface area (TPSA) is 18.5 Å². The molecule has 0 amide bonds. The van der Waals surface area contributed by atoms with Crippen LogP contribution in [-0.4, -0.2) is 21.0 Å². The maximum atomic E-state index is 6.63. The summed E-state index contributed by atoms with van der Waals surface area (Å²) in [5.41, 5.74) is 2.52. The van der Waals surface area contributed by atoms with Crippen LogP contribution in [0, 0.1) is 5.92 Å². The smallest absolute Gasteiger partial charge is 0.192 e. The Morgan fingerprint density at radius 3 is 2.46 bits per heavy atom. The van der Waals surface area contributed by atoms with Gasteiger partial charge in [-0.05, 0) is 48.9 Å². The number of hydrogen-bond acceptors (Lipinski definition) is 2. The van der Waals surface area contributed by atoms with Gasteiger partial charge in [0.1, 0.15) is 0 Å². The normalized spacial score (nSPS) is 22.6. The molecule has 0 aliphatic heterocycles. The van der Waals surface area contributed by atoms with Crippen molar-refractivity contribution in [2.75, 3.05) is 6.61 Å². The predicted octanol–water partition coefficient (Wildman–Crippen LogP) is 5.95. The van der Waals surface area contributed by atoms with E-state index in [1.54, 1.807) is 0 Å². The van der Waals surface area contributed by atoms with Crippen LogP contribution in [0.3, 0.4) is 0 Å². The van der Waals surface area contributed by atoms with E-state index in [1.807, 2.05) is 6.07 Å². The highest BCUT2D eigenvalue weighted by atomic mass is 28.4. The Morgan fingerprint density at radius 2 is 1.83 bits per heavy atom. The zero-order chi connectivity index (χ0) is 17.8. The first-order valence-electron chi connectivity index (χ1n) is 9.16. The molecule has 0 saturated heterocycles. The van der Waals surface area contributed by atoms with Gasteiger partial charge < -0.3 is 9.16 Å². The van der Waals surface area contributed by atoms with E-state index in [0.717, 1.165) is 19.4 Å². The van der Waals surface area contributed by atoms with Gasteiger partial charge in [-0.1, -0.05) is 63.3 Å². The summed E-state index contributed by atoms with van der Waals surface area (Å²) in [7, 11) is -1.75. The van der Waals surface area contributed by atoms with Gasteiger partial charge in [-0.15, -0.1) is 0 Å². The SMILES string of the molecule is C=C1CC[C@@H](COCc2ccccc2)C[C@H]1O[Si](C)(C)C(C)(C)C. The highest BCUT2D eigenvalue weighted by molar-refractivity contribution is 6.74. The molecule has 3 heteroatoms. The van der Waals surface area contributed by atoms with Crippen LogP contribution in [0.5, 0.6) is 0 Å². The lowest BCUT2D eigenvalue weighted by molar-refractivity contribution is 0.0552. The van der Waals surface area contributed by atoms with Gasteiger partial charge in [0.25, 0.3) is 0 Å². The average Bonchev–Trinajstić information content (AvgIpc) is 2.50. The van der Waals surface area contributed by atoms with Gasteiger partial charge in [-0.3, -0.25) is 0 Å². The van der Waals surface area contributed by atoms with Gasteiger partial charge in [0.15, 0.2) is 8.32 Å². The van der Waals surface area contributed by atoms with Crippen LogP contribution in [0.1, 0.15) is 45.6 Å². The lowest BCUT2D eigenvalue weighted by atomic mass is 9.85. The quantitative estimate of drug-likeness (QED) is 0.468. The van der Waals surface area contributed by atoms with Crippen LogP contribution in [0.4, 0.5) is 0 Å². The zero-order valence-corrected chi connectivity index (χ0v) is 17.1. The monoisotopic (exact) mass is 346 g/mol. The van der Waals surface area contributed by atoms with E-state index in [4.69, 9.17) is 9.16 Å². The van der Waals surface area contributed by atoms with E-state index < -0.39 is 8.32 Å². The third-order valence-corrected chi connectivity index (χ3v) is 10.1. The van der Waals surface area contributed by atoms with Crippen molar-refractivity contribution < 1.29 is 9.16 Å². The Balaban J connectivity index is 1.85. The summed E-state index contributed by atoms with van der Waals surface area (Å²) in [4.78, 5) is 0. The molecule has 24 heavy (non-hydrogen) atoms. The first kappa shape index (κ1) is 19.4. The molecule has 1 aromatic rings. The molecule has 1 saturated carbocycles. The predicted molar refractivity (Wildman–Crippen MR) is 105 cm³/mol. The molecule has 2 rings (SSSR count). The van der Waals surface area contributed by atoms with Crippen LogP contribution in [0.15, 0.2) is 42.5 Å². The van der Waals surface area contributed by atoms with Gasteiger partial charge in [0, 0.05) is 6.61 Å². The average molecular weight is 347 g/mol. The molecule has 0 heterocycles. The Bertz CT molecular complexity index is 531. The minimum Gasteiger partial charge on any atom is -0.410 e. The molecule has 0 spiro atoms. The van der Waals surface area contributed by atoms with Gasteiger partial charge in [0.05, 0.1) is 12.7 Å². The van der Waals surface area contributed by atoms with Crippen molar-refractivity contribution in [1.29, 1.82) is 0 Å². The van der Waals surface area contributed by atoms with Crippen molar-refractivity contribution in [1.82, 2.24) is 0 Å². The van der Waals surface area contributed by atoms with Crippen LogP contribution >= 0.6 is 0 Å². The summed E-state index contributed by atoms with van der Waals surface area (Å²) < 4.78 is 12.6. The number of benzene rings is 1. The lowest BCUT2D eigenvalue weighted by Gasteiger charge is -2.42. The summed E-state index contributed by atoms with van der Waals surface area (Å²) in [5, 5.41) is 0.240. The molecule has 2 atom stereocenters. The van der Waals surface area contributed by atoms with Gasteiger partial charge in [-0.25, -0.2) is 0 Å². The van der Waals surface area contributed by atoms with Crippen LogP contribution in [-0.2, 0) is 15.8 Å². The van der Waals surface area contributed by atoms with Crippen molar-refractivity contribution in [3.8, 4) is 0 Å². The van der Waals surface area contributed by atoms with E-state index in [9.17, 15) is 0 Å². The molecule has 1 aliphatic carbocycles. The lowest BCUT2D eigenvalue weighted by Crippen LogP contribution is -2.45. The molecule has 0 bridgehead atoms. The van der Waals surface area contributed by atoms with E-state index in [0.29, 0.717) is 12.5 Å². The van der Waals surface area contributed by atoms with Crippen LogP contribution < -0.4 is 0 Å². The second-order valence-electron chi connectivity index (χ2n) is 8.67. The zero-order valence-electron chi connectivity index (χ0n) is 16.1. The molecular formula is C21H34O2Si. The third kappa shape index (κ3) is 5.30. The van der Waals surface area contributed by atoms with Crippen molar-refractivity contribution in [2.24, 2.45) is 5.92 Å². The molecule has 0 aromatic heterocycles. The highest BCUT2D eigenvalue weighted by Gasteiger charge is 2.40. The standard InChI is InChI=1S/C21H34O2Si/c1-17-12-13-19(16-22-15-18-10-8-7-9-11-18)14-20(17)23-24(5,6)21(2,3)4/h7-11,19-20H,1,12-16H2,2-6H3/t19-,20-/m1/s1. The molecule has 1 aliphatic rings. The van der Waals surface area contributed by atoms with E-state index in [1.165, 1.54) is 17.6 Å². The first-order valence-corrected chi connectivity index (χ1v) is 12.1. The molecule has 0 radical (unpaired) electrons. The molecule has 1 fully saturated rings. The van der Waals surface area contributed by atoms with Crippen LogP contribution in [0.25, 0.3) is 0 Å². The Kier molecular flexibility index (Phi) is 6.46. The fourth-order valence-corrected chi connectivity index (χ4v) is 4.20. The maximum Gasteiger partial charge on any atom is 0.192 e. The number of ether oxygens (including phenoxy) is 1. The largest absolute Gasteiger partial charge is 0.410 e. The van der Waals surface area contributed by atoms with Gasteiger partial charge >= 0.3 is 0 Å². The summed E-state index contributed by atoms with van der Waals surface area (Å²) >= 11 is 0. The van der Waals surface area contributed by atoms with E-state index in [-0.39, 0.29) is 11.1 Å². The Morgan fingerprint density at radius 1 is 1.17 bits per heavy atom. The Hall–Kier alpha value is -0.903. The summed E-state index contributed by atoms with van der Waals surface area (Å²) in [6, 6.07) is 10.4. The second kappa shape index (κ2) is 7.98. The molecular weight excluding hydrogens is 312 g/mol. The maximum absolute atomic E-state index is 6.63. The van der Waals surface area contributed by atoms with Crippen LogP contribution in [0.2, 0.25) is 18.1 Å². The van der Waals surface area contributed by atoms with Crippen molar-refractivity contribution in [3.05, 3.63) is 48.0 Å². The summed E-state index contributed by atoms with van der Waals surface area (Å²) in [5.74, 6) is 0.578. The highest BCUT2D eigenvalue weighted by Crippen LogP contribution is 2.40. The van der Waals surface area contributed by atoms with Crippen molar-refractivity contribution in [2.45, 2.75) is 70.9 Å². The van der Waals surface area contributed by atoms with Crippen molar-refractivity contribution in [3.63, 3.8) is 0 Å². The molecule has 134 valence electrons. The number of hydrogen-bond donors (Lipinski definition) is 0. The fraction of sp³-hybridized carbons (Fsp3) is 0.619. The van der Waals surface area contributed by atoms with Gasteiger partial charge in [0.2, 0.25) is 0 Å². The minimum absolute atomic E-state index is 0.213. The summed E-state index contributed by atoms with van der Waals surface area (Å²) in [6.07, 6.45) is 3.51.